The lowest BCUT2D eigenvalue weighted by atomic mass is 10.0. The summed E-state index contributed by atoms with van der Waals surface area (Å²) >= 11 is 0. The Morgan fingerprint density at radius 2 is 1.88 bits per heavy atom. The molecular weight excluding hydrogens is 328 g/mol. The van der Waals surface area contributed by atoms with Crippen LogP contribution in [-0.2, 0) is 0 Å². The van der Waals surface area contributed by atoms with E-state index < -0.39 is 0 Å². The molecule has 0 aromatic heterocycles. The largest absolute Gasteiger partial charge is 0.493 e. The maximum atomic E-state index is 13.3. The molecule has 0 radical (unpaired) electrons. The van der Waals surface area contributed by atoms with Crippen LogP contribution in [0.1, 0.15) is 28.9 Å². The number of rotatable bonds is 5. The van der Waals surface area contributed by atoms with Crippen LogP contribution in [0.25, 0.3) is 0 Å². The number of methoxy groups -OCH3 is 1. The summed E-state index contributed by atoms with van der Waals surface area (Å²) in [7, 11) is 3.70. The highest BCUT2D eigenvalue weighted by Crippen LogP contribution is 2.31. The van der Waals surface area contributed by atoms with Crippen LogP contribution in [0.3, 0.4) is 0 Å². The number of carbonyl (C=O) groups is 1. The summed E-state index contributed by atoms with van der Waals surface area (Å²) in [4.78, 5) is 17.5. The highest BCUT2D eigenvalue weighted by atomic mass is 16.5. The maximum Gasteiger partial charge on any atom is 0.254 e. The molecule has 138 valence electrons. The Kier molecular flexibility index (Phi) is 5.78. The molecule has 3 rings (SSSR count). The number of piperazine rings is 1. The summed E-state index contributed by atoms with van der Waals surface area (Å²) in [5, 5.41) is 0. The summed E-state index contributed by atoms with van der Waals surface area (Å²) in [6, 6.07) is 15.6. The van der Waals surface area contributed by atoms with Gasteiger partial charge in [-0.25, -0.2) is 0 Å². The molecule has 0 bridgehead atoms. The van der Waals surface area contributed by atoms with Gasteiger partial charge in [-0.1, -0.05) is 30.3 Å². The van der Waals surface area contributed by atoms with Crippen LogP contribution in [0.5, 0.6) is 11.5 Å². The topological polar surface area (TPSA) is 42.0 Å². The molecule has 0 aliphatic carbocycles. The molecule has 1 heterocycles. The van der Waals surface area contributed by atoms with Crippen molar-refractivity contribution < 1.29 is 14.3 Å². The molecule has 2 aromatic rings. The van der Waals surface area contributed by atoms with Gasteiger partial charge in [0, 0.05) is 25.2 Å². The highest BCUT2D eigenvalue weighted by molar-refractivity contribution is 5.95. The van der Waals surface area contributed by atoms with Crippen LogP contribution < -0.4 is 9.47 Å². The van der Waals surface area contributed by atoms with Crippen LogP contribution in [0.4, 0.5) is 0 Å². The number of ether oxygens (including phenoxy) is 2. The summed E-state index contributed by atoms with van der Waals surface area (Å²) in [6.07, 6.45) is 0. The molecule has 2 aromatic carbocycles. The normalized spacial score (nSPS) is 17.8. The first-order chi connectivity index (χ1) is 12.6. The van der Waals surface area contributed by atoms with Gasteiger partial charge in [0.05, 0.1) is 19.8 Å². The van der Waals surface area contributed by atoms with Crippen LogP contribution >= 0.6 is 0 Å². The summed E-state index contributed by atoms with van der Waals surface area (Å²) in [6.45, 7) is 4.83. The average Bonchev–Trinajstić information content (AvgIpc) is 2.68. The Labute approximate surface area is 155 Å². The monoisotopic (exact) mass is 354 g/mol. The summed E-state index contributed by atoms with van der Waals surface area (Å²) in [5.41, 5.74) is 1.78. The van der Waals surface area contributed by atoms with Gasteiger partial charge < -0.3 is 19.3 Å². The fourth-order valence-corrected chi connectivity index (χ4v) is 3.37. The van der Waals surface area contributed by atoms with Gasteiger partial charge in [0.2, 0.25) is 0 Å². The number of hydrogen-bond acceptors (Lipinski definition) is 4. The number of nitrogens with zero attached hydrogens (tertiary/aromatic N) is 2. The second-order valence-corrected chi connectivity index (χ2v) is 6.49. The van der Waals surface area contributed by atoms with E-state index in [0.29, 0.717) is 30.2 Å². The molecule has 1 aliphatic rings. The zero-order valence-electron chi connectivity index (χ0n) is 15.6. The fourth-order valence-electron chi connectivity index (χ4n) is 3.37. The minimum Gasteiger partial charge on any atom is -0.493 e. The van der Waals surface area contributed by atoms with E-state index in [9.17, 15) is 4.79 Å². The van der Waals surface area contributed by atoms with E-state index in [-0.39, 0.29) is 11.9 Å². The fraction of sp³-hybridized carbons (Fsp3) is 0.381. The molecule has 26 heavy (non-hydrogen) atoms. The standard InChI is InChI=1S/C21H26N2O3/c1-4-26-20-14-17(10-11-19(20)25-3)21(24)23-13-12-22(2)15-18(23)16-8-6-5-7-9-16/h5-11,14,18H,4,12-13,15H2,1-3H3. The Morgan fingerprint density at radius 1 is 1.12 bits per heavy atom. The first kappa shape index (κ1) is 18.3. The van der Waals surface area contributed by atoms with Gasteiger partial charge in [-0.15, -0.1) is 0 Å². The molecule has 5 heteroatoms. The SMILES string of the molecule is CCOc1cc(C(=O)N2CCN(C)CC2c2ccccc2)ccc1OC. The molecule has 1 saturated heterocycles. The van der Waals surface area contributed by atoms with Crippen molar-refractivity contribution in [3.8, 4) is 11.5 Å². The van der Waals surface area contributed by atoms with Crippen molar-refractivity contribution in [2.45, 2.75) is 13.0 Å². The first-order valence-electron chi connectivity index (χ1n) is 8.99. The number of benzene rings is 2. The van der Waals surface area contributed by atoms with Gasteiger partial charge in [-0.05, 0) is 37.7 Å². The predicted octanol–water partition coefficient (Wildman–Crippen LogP) is 3.22. The lowest BCUT2D eigenvalue weighted by Crippen LogP contribution is -2.49. The van der Waals surface area contributed by atoms with Crippen LogP contribution in [0.2, 0.25) is 0 Å². The third kappa shape index (κ3) is 3.83. The van der Waals surface area contributed by atoms with Crippen LogP contribution in [0, 0.1) is 0 Å². The van der Waals surface area contributed by atoms with Gasteiger partial charge in [-0.3, -0.25) is 4.79 Å². The second kappa shape index (κ2) is 8.23. The highest BCUT2D eigenvalue weighted by Gasteiger charge is 2.31. The van der Waals surface area contributed by atoms with Crippen molar-refractivity contribution in [3.05, 3.63) is 59.7 Å². The first-order valence-corrected chi connectivity index (χ1v) is 8.99. The Bertz CT molecular complexity index is 748. The minimum atomic E-state index is 0.0237. The zero-order chi connectivity index (χ0) is 18.5. The Morgan fingerprint density at radius 3 is 2.58 bits per heavy atom. The van der Waals surface area contributed by atoms with E-state index in [1.807, 2.05) is 36.1 Å². The molecule has 1 aliphatic heterocycles. The van der Waals surface area contributed by atoms with Crippen molar-refractivity contribution in [2.75, 3.05) is 40.4 Å². The third-order valence-corrected chi connectivity index (χ3v) is 4.74. The smallest absolute Gasteiger partial charge is 0.254 e. The Hall–Kier alpha value is -2.53. The van der Waals surface area contributed by atoms with Gasteiger partial charge in [0.1, 0.15) is 0 Å². The quantitative estimate of drug-likeness (QED) is 0.827. The molecule has 0 N–H and O–H groups in total. The zero-order valence-corrected chi connectivity index (χ0v) is 15.6. The van der Waals surface area contributed by atoms with Gasteiger partial charge in [-0.2, -0.15) is 0 Å². The summed E-state index contributed by atoms with van der Waals surface area (Å²) in [5.74, 6) is 1.27. The number of likely N-dealkylation sites (N-methyl/N-ethyl adjacent to an activating group) is 1. The summed E-state index contributed by atoms with van der Waals surface area (Å²) < 4.78 is 11.0. The molecule has 0 saturated carbocycles. The molecule has 0 spiro atoms. The van der Waals surface area contributed by atoms with Crippen molar-refractivity contribution in [3.63, 3.8) is 0 Å². The van der Waals surface area contributed by atoms with Crippen molar-refractivity contribution in [1.82, 2.24) is 9.80 Å². The second-order valence-electron chi connectivity index (χ2n) is 6.49. The van der Waals surface area contributed by atoms with Crippen LogP contribution in [0.15, 0.2) is 48.5 Å². The van der Waals surface area contributed by atoms with E-state index in [1.54, 1.807) is 19.2 Å². The number of carbonyl (C=O) groups excluding carboxylic acids is 1. The van der Waals surface area contributed by atoms with E-state index >= 15 is 0 Å². The average molecular weight is 354 g/mol. The third-order valence-electron chi connectivity index (χ3n) is 4.74. The van der Waals surface area contributed by atoms with Gasteiger partial charge in [0.15, 0.2) is 11.5 Å². The number of amides is 1. The van der Waals surface area contributed by atoms with E-state index in [1.165, 1.54) is 0 Å². The maximum absolute atomic E-state index is 13.3. The van der Waals surface area contributed by atoms with Gasteiger partial charge in [0.25, 0.3) is 5.91 Å². The molecule has 5 nitrogen and oxygen atoms in total. The van der Waals surface area contributed by atoms with E-state index in [0.717, 1.165) is 18.7 Å². The van der Waals surface area contributed by atoms with E-state index in [2.05, 4.69) is 24.1 Å². The van der Waals surface area contributed by atoms with Crippen molar-refractivity contribution >= 4 is 5.91 Å². The van der Waals surface area contributed by atoms with Gasteiger partial charge >= 0.3 is 0 Å². The number of hydrogen-bond donors (Lipinski definition) is 0. The molecule has 1 unspecified atom stereocenters. The van der Waals surface area contributed by atoms with Crippen LogP contribution in [-0.4, -0.2) is 56.1 Å². The molecule has 1 fully saturated rings. The lowest BCUT2D eigenvalue weighted by molar-refractivity contribution is 0.0497. The predicted molar refractivity (Wildman–Crippen MR) is 102 cm³/mol. The lowest BCUT2D eigenvalue weighted by Gasteiger charge is -2.40. The molecule has 1 atom stereocenters. The minimum absolute atomic E-state index is 0.0237. The van der Waals surface area contributed by atoms with Crippen molar-refractivity contribution in [2.24, 2.45) is 0 Å². The van der Waals surface area contributed by atoms with E-state index in [4.69, 9.17) is 9.47 Å². The molecular formula is C21H26N2O3. The van der Waals surface area contributed by atoms with Crippen molar-refractivity contribution in [1.29, 1.82) is 0 Å². The Balaban J connectivity index is 1.90. The molecule has 1 amide bonds.